The number of para-hydroxylation sites is 1. The van der Waals surface area contributed by atoms with Crippen LogP contribution < -0.4 is 10.2 Å². The number of nitrogens with one attached hydrogen (secondary N) is 1. The number of sulfonamides is 1. The number of hydrogen-bond donors (Lipinski definition) is 1. The maximum absolute atomic E-state index is 14.3. The lowest BCUT2D eigenvalue weighted by atomic mass is 10.2. The fourth-order valence-corrected chi connectivity index (χ4v) is 5.54. The van der Waals surface area contributed by atoms with Crippen molar-refractivity contribution >= 4 is 37.5 Å². The Balaban J connectivity index is 1.62. The van der Waals surface area contributed by atoms with Gasteiger partial charge >= 0.3 is 0 Å². The Morgan fingerprint density at radius 2 is 1.93 bits per heavy atom. The molecule has 2 heterocycles. The molecule has 158 valence electrons. The molecule has 0 radical (unpaired) electrons. The lowest BCUT2D eigenvalue weighted by molar-refractivity contribution is 0.0730. The number of hydrogen-bond acceptors (Lipinski definition) is 6. The van der Waals surface area contributed by atoms with E-state index in [0.717, 1.165) is 28.4 Å². The van der Waals surface area contributed by atoms with Crippen LogP contribution in [0.1, 0.15) is 10.4 Å². The smallest absolute Gasteiger partial charge is 0.274 e. The molecule has 1 amide bonds. The molecule has 1 aliphatic rings. The Hall–Kier alpha value is -2.60. The minimum absolute atomic E-state index is 0.150. The van der Waals surface area contributed by atoms with E-state index in [9.17, 15) is 17.6 Å². The zero-order valence-corrected chi connectivity index (χ0v) is 17.7. The Morgan fingerprint density at radius 3 is 2.67 bits per heavy atom. The SMILES string of the molecule is Cn1/c(=N/NC(=O)c2cc(S(=O)(=O)N3CCOCC3)ccc2F)sc2ccccc21. The van der Waals surface area contributed by atoms with Gasteiger partial charge in [-0.15, -0.1) is 5.10 Å². The van der Waals surface area contributed by atoms with Crippen molar-refractivity contribution in [2.75, 3.05) is 26.3 Å². The summed E-state index contributed by atoms with van der Waals surface area (Å²) in [5, 5.41) is 4.08. The van der Waals surface area contributed by atoms with Crippen LogP contribution in [0.2, 0.25) is 0 Å². The van der Waals surface area contributed by atoms with E-state index < -0.39 is 27.3 Å². The lowest BCUT2D eigenvalue weighted by Gasteiger charge is -2.26. The molecule has 0 bridgehead atoms. The molecule has 1 aliphatic heterocycles. The fourth-order valence-electron chi connectivity index (χ4n) is 3.12. The number of aryl methyl sites for hydroxylation is 1. The number of carbonyl (C=O) groups excluding carboxylic acids is 1. The molecule has 1 saturated heterocycles. The van der Waals surface area contributed by atoms with Crippen molar-refractivity contribution in [2.24, 2.45) is 12.1 Å². The van der Waals surface area contributed by atoms with Gasteiger partial charge in [-0.3, -0.25) is 4.79 Å². The van der Waals surface area contributed by atoms with Crippen molar-refractivity contribution in [3.8, 4) is 0 Å². The number of ether oxygens (including phenoxy) is 1. The molecule has 0 spiro atoms. The largest absolute Gasteiger partial charge is 0.379 e. The number of rotatable bonds is 4. The number of nitrogens with zero attached hydrogens (tertiary/aromatic N) is 3. The molecule has 1 N–H and O–H groups in total. The van der Waals surface area contributed by atoms with Crippen LogP contribution in [0.5, 0.6) is 0 Å². The number of morpholine rings is 1. The number of halogens is 1. The number of fused-ring (bicyclic) bond motifs is 1. The molecule has 1 fully saturated rings. The van der Waals surface area contributed by atoms with Gasteiger partial charge in [-0.1, -0.05) is 23.5 Å². The van der Waals surface area contributed by atoms with Crippen LogP contribution in [-0.2, 0) is 21.8 Å². The number of benzene rings is 2. The van der Waals surface area contributed by atoms with E-state index in [1.54, 1.807) is 11.6 Å². The van der Waals surface area contributed by atoms with Crippen LogP contribution in [0.15, 0.2) is 52.5 Å². The van der Waals surface area contributed by atoms with Crippen molar-refractivity contribution in [1.82, 2.24) is 14.3 Å². The number of aromatic nitrogens is 1. The standard InChI is InChI=1S/C19H19FN4O4S2/c1-23-16-4-2-3-5-17(16)29-19(23)22-21-18(25)14-12-13(6-7-15(14)20)30(26,27)24-8-10-28-11-9-24/h2-7,12H,8-11H2,1H3,(H,21,25)/b22-19-. The third kappa shape index (κ3) is 3.88. The summed E-state index contributed by atoms with van der Waals surface area (Å²) in [5.74, 6) is -1.66. The highest BCUT2D eigenvalue weighted by Gasteiger charge is 2.27. The van der Waals surface area contributed by atoms with Gasteiger partial charge < -0.3 is 9.30 Å². The molecular weight excluding hydrogens is 431 g/mol. The summed E-state index contributed by atoms with van der Waals surface area (Å²) in [7, 11) is -2.05. The summed E-state index contributed by atoms with van der Waals surface area (Å²) in [6.45, 7) is 0.996. The van der Waals surface area contributed by atoms with Crippen LogP contribution in [0, 0.1) is 5.82 Å². The van der Waals surface area contributed by atoms with Gasteiger partial charge in [0, 0.05) is 20.1 Å². The highest BCUT2D eigenvalue weighted by Crippen LogP contribution is 2.20. The molecule has 3 aromatic rings. The molecule has 11 heteroatoms. The van der Waals surface area contributed by atoms with Gasteiger partial charge in [0.2, 0.25) is 14.8 Å². The van der Waals surface area contributed by atoms with E-state index in [-0.39, 0.29) is 18.0 Å². The van der Waals surface area contributed by atoms with Gasteiger partial charge in [-0.05, 0) is 30.3 Å². The fraction of sp³-hybridized carbons (Fsp3) is 0.263. The summed E-state index contributed by atoms with van der Waals surface area (Å²) in [6, 6.07) is 10.8. The highest BCUT2D eigenvalue weighted by atomic mass is 32.2. The van der Waals surface area contributed by atoms with Crippen LogP contribution in [0.25, 0.3) is 10.2 Å². The molecule has 0 atom stereocenters. The van der Waals surface area contributed by atoms with Gasteiger partial charge in [0.15, 0.2) is 0 Å². The molecule has 2 aromatic carbocycles. The van der Waals surface area contributed by atoms with Crippen LogP contribution >= 0.6 is 11.3 Å². The maximum Gasteiger partial charge on any atom is 0.274 e. The first-order valence-corrected chi connectivity index (χ1v) is 11.4. The zero-order chi connectivity index (χ0) is 21.3. The third-order valence-electron chi connectivity index (χ3n) is 4.76. The predicted octanol–water partition coefficient (Wildman–Crippen LogP) is 1.65. The van der Waals surface area contributed by atoms with E-state index in [0.29, 0.717) is 18.0 Å². The molecule has 0 unspecified atom stereocenters. The molecule has 8 nitrogen and oxygen atoms in total. The summed E-state index contributed by atoms with van der Waals surface area (Å²) in [4.78, 5) is 12.9. The molecule has 1 aromatic heterocycles. The molecule has 0 aliphatic carbocycles. The third-order valence-corrected chi connectivity index (χ3v) is 7.77. The Morgan fingerprint density at radius 1 is 1.20 bits per heavy atom. The second-order valence-electron chi connectivity index (χ2n) is 6.62. The first kappa shape index (κ1) is 20.7. The van der Waals surface area contributed by atoms with E-state index >= 15 is 0 Å². The number of thiazole rings is 1. The normalized spacial score (nSPS) is 16.1. The quantitative estimate of drug-likeness (QED) is 0.612. The van der Waals surface area contributed by atoms with Gasteiger partial charge in [-0.2, -0.15) is 4.31 Å². The maximum atomic E-state index is 14.3. The van der Waals surface area contributed by atoms with Crippen molar-refractivity contribution in [1.29, 1.82) is 0 Å². The van der Waals surface area contributed by atoms with E-state index in [1.165, 1.54) is 15.6 Å². The van der Waals surface area contributed by atoms with Gasteiger partial charge in [0.05, 0.1) is 33.9 Å². The minimum Gasteiger partial charge on any atom is -0.379 e. The highest BCUT2D eigenvalue weighted by molar-refractivity contribution is 7.89. The van der Waals surface area contributed by atoms with Crippen molar-refractivity contribution in [3.63, 3.8) is 0 Å². The number of amides is 1. The lowest BCUT2D eigenvalue weighted by Crippen LogP contribution is -2.40. The molecular formula is C19H19FN4O4S2. The molecule has 0 saturated carbocycles. The first-order chi connectivity index (χ1) is 14.4. The second-order valence-corrected chi connectivity index (χ2v) is 9.57. The summed E-state index contributed by atoms with van der Waals surface area (Å²) < 4.78 is 49.1. The molecule has 4 rings (SSSR count). The summed E-state index contributed by atoms with van der Waals surface area (Å²) in [5.41, 5.74) is 2.88. The number of carbonyl (C=O) groups is 1. The van der Waals surface area contributed by atoms with Gasteiger partial charge in [-0.25, -0.2) is 18.2 Å². The Kier molecular flexibility index (Phi) is 5.69. The summed E-state index contributed by atoms with van der Waals surface area (Å²) in [6.07, 6.45) is 0. The van der Waals surface area contributed by atoms with Crippen LogP contribution in [0.4, 0.5) is 4.39 Å². The van der Waals surface area contributed by atoms with Gasteiger partial charge in [0.25, 0.3) is 5.91 Å². The second kappa shape index (κ2) is 8.26. The van der Waals surface area contributed by atoms with Crippen molar-refractivity contribution in [2.45, 2.75) is 4.90 Å². The first-order valence-electron chi connectivity index (χ1n) is 9.14. The van der Waals surface area contributed by atoms with Crippen LogP contribution in [-0.4, -0.2) is 49.5 Å². The van der Waals surface area contributed by atoms with E-state index in [2.05, 4.69) is 10.5 Å². The van der Waals surface area contributed by atoms with Crippen LogP contribution in [0.3, 0.4) is 0 Å². The van der Waals surface area contributed by atoms with Crippen molar-refractivity contribution < 1.29 is 22.3 Å². The van der Waals surface area contributed by atoms with Gasteiger partial charge in [0.1, 0.15) is 5.82 Å². The summed E-state index contributed by atoms with van der Waals surface area (Å²) >= 11 is 1.36. The van der Waals surface area contributed by atoms with E-state index in [4.69, 9.17) is 4.74 Å². The Labute approximate surface area is 176 Å². The topological polar surface area (TPSA) is 93.0 Å². The Bertz CT molecular complexity index is 1280. The van der Waals surface area contributed by atoms with Crippen molar-refractivity contribution in [3.05, 3.63) is 58.6 Å². The predicted molar refractivity (Wildman–Crippen MR) is 110 cm³/mol. The monoisotopic (exact) mass is 450 g/mol. The zero-order valence-electron chi connectivity index (χ0n) is 16.0. The minimum atomic E-state index is -3.85. The average Bonchev–Trinajstić information content (AvgIpc) is 3.08. The van der Waals surface area contributed by atoms with E-state index in [1.807, 2.05) is 24.3 Å². The average molecular weight is 451 g/mol. The molecule has 30 heavy (non-hydrogen) atoms.